The fraction of sp³-hybridized carbons (Fsp3) is 0.615. The van der Waals surface area contributed by atoms with Crippen LogP contribution in [0, 0.1) is 0 Å². The lowest BCUT2D eigenvalue weighted by molar-refractivity contribution is 0.274. The van der Waals surface area contributed by atoms with Crippen molar-refractivity contribution in [3.05, 3.63) is 12.1 Å². The Morgan fingerprint density at radius 1 is 1.06 bits per heavy atom. The summed E-state index contributed by atoms with van der Waals surface area (Å²) in [6.07, 6.45) is 4.22. The van der Waals surface area contributed by atoms with E-state index in [1.807, 2.05) is 0 Å². The molecule has 0 bridgehead atoms. The van der Waals surface area contributed by atoms with Crippen molar-refractivity contribution in [2.75, 3.05) is 18.9 Å². The molecule has 1 heterocycles. The molecule has 0 aliphatic rings. The number of pyridine rings is 1. The van der Waals surface area contributed by atoms with Gasteiger partial charge in [0.25, 0.3) is 0 Å². The Morgan fingerprint density at radius 3 is 2.35 bits per heavy atom. The lowest BCUT2D eigenvalue weighted by Gasteiger charge is -2.09. The molecule has 0 spiro atoms. The number of ether oxygens (including phenoxy) is 2. The van der Waals surface area contributed by atoms with Crippen LogP contribution in [0.4, 0.5) is 5.69 Å². The molecular formula is C13H22N2O2. The van der Waals surface area contributed by atoms with Crippen LogP contribution < -0.4 is 15.2 Å². The lowest BCUT2D eigenvalue weighted by Crippen LogP contribution is -2.04. The zero-order chi connectivity index (χ0) is 12.5. The van der Waals surface area contributed by atoms with Crippen molar-refractivity contribution < 1.29 is 9.47 Å². The van der Waals surface area contributed by atoms with Gasteiger partial charge in [0.15, 0.2) is 0 Å². The summed E-state index contributed by atoms with van der Waals surface area (Å²) in [6.45, 7) is 5.57. The predicted molar refractivity (Wildman–Crippen MR) is 69.5 cm³/mol. The number of nitrogens with zero attached hydrogens (tertiary/aromatic N) is 1. The Balaban J connectivity index is 2.53. The van der Waals surface area contributed by atoms with Crippen molar-refractivity contribution in [3.63, 3.8) is 0 Å². The highest BCUT2D eigenvalue weighted by molar-refractivity contribution is 5.49. The van der Waals surface area contributed by atoms with Crippen molar-refractivity contribution in [3.8, 4) is 11.8 Å². The summed E-state index contributed by atoms with van der Waals surface area (Å²) in [4.78, 5) is 4.25. The Hall–Kier alpha value is -1.45. The van der Waals surface area contributed by atoms with Crippen LogP contribution in [0.25, 0.3) is 0 Å². The molecule has 0 aliphatic carbocycles. The summed E-state index contributed by atoms with van der Waals surface area (Å²) in [5, 5.41) is 0. The van der Waals surface area contributed by atoms with E-state index in [1.165, 1.54) is 0 Å². The molecule has 1 aromatic heterocycles. The molecule has 1 rings (SSSR count). The Kier molecular flexibility index (Phi) is 6.22. The first-order valence-corrected chi connectivity index (χ1v) is 6.30. The number of anilines is 1. The summed E-state index contributed by atoms with van der Waals surface area (Å²) >= 11 is 0. The summed E-state index contributed by atoms with van der Waals surface area (Å²) in [5.74, 6) is 1.06. The molecular weight excluding hydrogens is 216 g/mol. The van der Waals surface area contributed by atoms with Crippen LogP contribution >= 0.6 is 0 Å². The van der Waals surface area contributed by atoms with Gasteiger partial charge in [-0.25, -0.2) is 0 Å². The number of nitrogens with two attached hydrogens (primary N) is 1. The summed E-state index contributed by atoms with van der Waals surface area (Å²) < 4.78 is 11.0. The van der Waals surface area contributed by atoms with Gasteiger partial charge in [-0.15, -0.1) is 0 Å². The van der Waals surface area contributed by atoms with E-state index in [4.69, 9.17) is 15.2 Å². The van der Waals surface area contributed by atoms with Crippen LogP contribution in [0.1, 0.15) is 39.5 Å². The molecule has 0 unspecified atom stereocenters. The molecule has 17 heavy (non-hydrogen) atoms. The minimum atomic E-state index is 0.479. The first-order chi connectivity index (χ1) is 8.27. The third kappa shape index (κ3) is 4.93. The molecule has 0 aromatic carbocycles. The average molecular weight is 238 g/mol. The van der Waals surface area contributed by atoms with Crippen LogP contribution in [-0.2, 0) is 0 Å². The van der Waals surface area contributed by atoms with Crippen LogP contribution in [0.2, 0.25) is 0 Å². The van der Waals surface area contributed by atoms with Gasteiger partial charge >= 0.3 is 0 Å². The van der Waals surface area contributed by atoms with Crippen molar-refractivity contribution in [2.45, 2.75) is 39.5 Å². The van der Waals surface area contributed by atoms with E-state index in [1.54, 1.807) is 12.1 Å². The van der Waals surface area contributed by atoms with Gasteiger partial charge < -0.3 is 15.2 Å². The standard InChI is InChI=1S/C13H22N2O2/c1-3-5-9-16-12-8-7-11(14)13(15-12)17-10-6-4-2/h7-8H,3-6,9-10,14H2,1-2H3. The molecule has 1 aromatic rings. The van der Waals surface area contributed by atoms with E-state index < -0.39 is 0 Å². The van der Waals surface area contributed by atoms with E-state index in [0.717, 1.165) is 25.7 Å². The highest BCUT2D eigenvalue weighted by Gasteiger charge is 2.04. The van der Waals surface area contributed by atoms with E-state index in [-0.39, 0.29) is 0 Å². The monoisotopic (exact) mass is 238 g/mol. The normalized spacial score (nSPS) is 10.2. The van der Waals surface area contributed by atoms with Gasteiger partial charge in [-0.3, -0.25) is 0 Å². The van der Waals surface area contributed by atoms with Gasteiger partial charge in [-0.05, 0) is 18.9 Å². The SMILES string of the molecule is CCCCOc1ccc(N)c(OCCCC)n1. The molecule has 2 N–H and O–H groups in total. The molecule has 0 fully saturated rings. The van der Waals surface area contributed by atoms with E-state index >= 15 is 0 Å². The van der Waals surface area contributed by atoms with E-state index in [2.05, 4.69) is 18.8 Å². The quantitative estimate of drug-likeness (QED) is 0.707. The van der Waals surface area contributed by atoms with Gasteiger partial charge in [0.2, 0.25) is 11.8 Å². The molecule has 0 atom stereocenters. The van der Waals surface area contributed by atoms with Crippen LogP contribution in [0.5, 0.6) is 11.8 Å². The van der Waals surface area contributed by atoms with E-state index in [0.29, 0.717) is 30.7 Å². The first-order valence-electron chi connectivity index (χ1n) is 6.30. The molecule has 4 heteroatoms. The fourth-order valence-corrected chi connectivity index (χ4v) is 1.26. The lowest BCUT2D eigenvalue weighted by atomic mass is 10.3. The predicted octanol–water partition coefficient (Wildman–Crippen LogP) is 3.02. The van der Waals surface area contributed by atoms with Crippen molar-refractivity contribution in [2.24, 2.45) is 0 Å². The molecule has 0 saturated heterocycles. The smallest absolute Gasteiger partial charge is 0.240 e. The number of nitrogen functional groups attached to an aromatic ring is 1. The third-order valence-electron chi connectivity index (χ3n) is 2.35. The topological polar surface area (TPSA) is 57.4 Å². The summed E-state index contributed by atoms with van der Waals surface area (Å²) in [5.41, 5.74) is 6.34. The number of hydrogen-bond acceptors (Lipinski definition) is 4. The fourth-order valence-electron chi connectivity index (χ4n) is 1.26. The minimum Gasteiger partial charge on any atom is -0.478 e. The molecule has 0 amide bonds. The van der Waals surface area contributed by atoms with Crippen molar-refractivity contribution in [1.29, 1.82) is 0 Å². The Bertz CT molecular complexity index is 329. The van der Waals surface area contributed by atoms with Gasteiger partial charge in [0.05, 0.1) is 18.9 Å². The average Bonchev–Trinajstić information content (AvgIpc) is 2.33. The van der Waals surface area contributed by atoms with Gasteiger partial charge in [-0.1, -0.05) is 26.7 Å². The highest BCUT2D eigenvalue weighted by Crippen LogP contribution is 2.22. The zero-order valence-corrected chi connectivity index (χ0v) is 10.7. The first kappa shape index (κ1) is 13.6. The Morgan fingerprint density at radius 2 is 1.71 bits per heavy atom. The van der Waals surface area contributed by atoms with Crippen molar-refractivity contribution >= 4 is 5.69 Å². The maximum atomic E-state index is 5.78. The second-order valence-corrected chi connectivity index (χ2v) is 3.95. The largest absolute Gasteiger partial charge is 0.478 e. The second-order valence-electron chi connectivity index (χ2n) is 3.95. The molecule has 4 nitrogen and oxygen atoms in total. The van der Waals surface area contributed by atoms with E-state index in [9.17, 15) is 0 Å². The zero-order valence-electron chi connectivity index (χ0n) is 10.7. The summed E-state index contributed by atoms with van der Waals surface area (Å²) in [6, 6.07) is 3.55. The number of hydrogen-bond donors (Lipinski definition) is 1. The van der Waals surface area contributed by atoms with Gasteiger partial charge in [-0.2, -0.15) is 4.98 Å². The third-order valence-corrected chi connectivity index (χ3v) is 2.35. The highest BCUT2D eigenvalue weighted by atomic mass is 16.5. The maximum Gasteiger partial charge on any atom is 0.240 e. The molecule has 0 aliphatic heterocycles. The molecule has 96 valence electrons. The molecule has 0 saturated carbocycles. The Labute approximate surface area is 103 Å². The number of rotatable bonds is 8. The van der Waals surface area contributed by atoms with Crippen molar-refractivity contribution in [1.82, 2.24) is 4.98 Å². The van der Waals surface area contributed by atoms with Gasteiger partial charge in [0, 0.05) is 6.07 Å². The summed E-state index contributed by atoms with van der Waals surface area (Å²) in [7, 11) is 0. The second kappa shape index (κ2) is 7.76. The van der Waals surface area contributed by atoms with Crippen LogP contribution in [0.15, 0.2) is 12.1 Å². The maximum absolute atomic E-state index is 5.78. The van der Waals surface area contributed by atoms with Crippen LogP contribution in [0.3, 0.4) is 0 Å². The number of unbranched alkanes of at least 4 members (excludes halogenated alkanes) is 2. The number of aromatic nitrogens is 1. The van der Waals surface area contributed by atoms with Gasteiger partial charge in [0.1, 0.15) is 0 Å². The molecule has 0 radical (unpaired) electrons. The van der Waals surface area contributed by atoms with Crippen LogP contribution in [-0.4, -0.2) is 18.2 Å². The minimum absolute atomic E-state index is 0.479.